The molecule has 4 nitrogen and oxygen atoms in total. The first-order valence-electron chi connectivity index (χ1n) is 3.56. The van der Waals surface area contributed by atoms with Gasteiger partial charge in [-0.3, -0.25) is 10.1 Å². The summed E-state index contributed by atoms with van der Waals surface area (Å²) in [6.07, 6.45) is 0. The molecule has 5 heteroatoms. The maximum atomic E-state index is 10.4. The second kappa shape index (κ2) is 4.23. The first-order valence-corrected chi connectivity index (χ1v) is 4.68. The van der Waals surface area contributed by atoms with Crippen LogP contribution in [-0.4, -0.2) is 12.0 Å². The molecule has 0 bridgehead atoms. The molecule has 1 rings (SSSR count). The smallest absolute Gasteiger partial charge is 0.273 e. The molecule has 0 saturated carbocycles. The zero-order valence-electron chi connectivity index (χ0n) is 6.99. The standard InChI is InChI=1S/C8H8BrNO3/c1-13-8-4-7(10(11)12)3-2-6(8)5-9/h2-4H,5H2,1H3. The number of nitro groups is 1. The van der Waals surface area contributed by atoms with Crippen molar-refractivity contribution in [1.82, 2.24) is 0 Å². The van der Waals surface area contributed by atoms with Crippen molar-refractivity contribution in [3.05, 3.63) is 33.9 Å². The summed E-state index contributed by atoms with van der Waals surface area (Å²) in [6.45, 7) is 0. The van der Waals surface area contributed by atoms with Gasteiger partial charge < -0.3 is 4.74 Å². The lowest BCUT2D eigenvalue weighted by Crippen LogP contribution is -1.93. The maximum absolute atomic E-state index is 10.4. The van der Waals surface area contributed by atoms with E-state index in [4.69, 9.17) is 4.74 Å². The normalized spacial score (nSPS) is 9.69. The molecule has 0 spiro atoms. The number of alkyl halides is 1. The van der Waals surface area contributed by atoms with Crippen LogP contribution < -0.4 is 4.74 Å². The average Bonchev–Trinajstić information content (AvgIpc) is 2.16. The Labute approximate surface area is 83.8 Å². The number of benzene rings is 1. The highest BCUT2D eigenvalue weighted by atomic mass is 79.9. The number of nitrogens with zero attached hydrogens (tertiary/aromatic N) is 1. The molecule has 0 saturated heterocycles. The van der Waals surface area contributed by atoms with Crippen molar-refractivity contribution in [2.45, 2.75) is 5.33 Å². The van der Waals surface area contributed by atoms with Gasteiger partial charge in [-0.1, -0.05) is 15.9 Å². The summed E-state index contributed by atoms with van der Waals surface area (Å²) >= 11 is 3.26. The van der Waals surface area contributed by atoms with Crippen LogP contribution in [0.3, 0.4) is 0 Å². The Morgan fingerprint density at radius 1 is 1.62 bits per heavy atom. The number of non-ortho nitro benzene ring substituents is 1. The van der Waals surface area contributed by atoms with Crippen LogP contribution in [0.25, 0.3) is 0 Å². The van der Waals surface area contributed by atoms with Crippen LogP contribution in [0.15, 0.2) is 18.2 Å². The summed E-state index contributed by atoms with van der Waals surface area (Å²) in [5, 5.41) is 11.0. The number of nitro benzene ring substituents is 1. The van der Waals surface area contributed by atoms with Crippen LogP contribution in [0.4, 0.5) is 5.69 Å². The van der Waals surface area contributed by atoms with Crippen LogP contribution >= 0.6 is 15.9 Å². The van der Waals surface area contributed by atoms with Gasteiger partial charge in [0.05, 0.1) is 18.1 Å². The minimum atomic E-state index is -0.444. The molecular weight excluding hydrogens is 238 g/mol. The van der Waals surface area contributed by atoms with Gasteiger partial charge in [0, 0.05) is 17.0 Å². The van der Waals surface area contributed by atoms with Crippen molar-refractivity contribution >= 4 is 21.6 Å². The third kappa shape index (κ3) is 2.18. The minimum absolute atomic E-state index is 0.0431. The second-order valence-corrected chi connectivity index (χ2v) is 2.95. The number of halogens is 1. The first-order chi connectivity index (χ1) is 6.19. The monoisotopic (exact) mass is 245 g/mol. The van der Waals surface area contributed by atoms with Gasteiger partial charge in [0.15, 0.2) is 0 Å². The van der Waals surface area contributed by atoms with E-state index in [1.165, 1.54) is 19.2 Å². The molecule has 0 radical (unpaired) electrons. The fourth-order valence-electron chi connectivity index (χ4n) is 0.957. The van der Waals surface area contributed by atoms with Crippen LogP contribution in [0.2, 0.25) is 0 Å². The highest BCUT2D eigenvalue weighted by Crippen LogP contribution is 2.25. The molecule has 70 valence electrons. The van der Waals surface area contributed by atoms with E-state index in [0.717, 1.165) is 5.56 Å². The molecule has 0 aliphatic heterocycles. The van der Waals surface area contributed by atoms with Crippen molar-refractivity contribution in [3.8, 4) is 5.75 Å². The van der Waals surface area contributed by atoms with Gasteiger partial charge in [-0.2, -0.15) is 0 Å². The van der Waals surface area contributed by atoms with Gasteiger partial charge in [-0.15, -0.1) is 0 Å². The fraction of sp³-hybridized carbons (Fsp3) is 0.250. The molecule has 0 heterocycles. The number of hydrogen-bond acceptors (Lipinski definition) is 3. The van der Waals surface area contributed by atoms with Crippen LogP contribution in [-0.2, 0) is 5.33 Å². The minimum Gasteiger partial charge on any atom is -0.496 e. The number of hydrogen-bond donors (Lipinski definition) is 0. The quantitative estimate of drug-likeness (QED) is 0.467. The second-order valence-electron chi connectivity index (χ2n) is 2.39. The lowest BCUT2D eigenvalue weighted by atomic mass is 10.2. The Hall–Kier alpha value is -1.10. The molecule has 0 N–H and O–H groups in total. The molecule has 1 aromatic rings. The fourth-order valence-corrected chi connectivity index (χ4v) is 1.42. The van der Waals surface area contributed by atoms with Crippen LogP contribution in [0.5, 0.6) is 5.75 Å². The van der Waals surface area contributed by atoms with Crippen LogP contribution in [0, 0.1) is 10.1 Å². The van der Waals surface area contributed by atoms with E-state index < -0.39 is 4.92 Å². The van der Waals surface area contributed by atoms with E-state index >= 15 is 0 Å². The molecular formula is C8H8BrNO3. The first kappa shape index (κ1) is 9.98. The van der Waals surface area contributed by atoms with Gasteiger partial charge in [0.25, 0.3) is 5.69 Å². The lowest BCUT2D eigenvalue weighted by Gasteiger charge is -2.04. The highest BCUT2D eigenvalue weighted by Gasteiger charge is 2.09. The summed E-state index contributed by atoms with van der Waals surface area (Å²) in [4.78, 5) is 9.96. The Bertz CT molecular complexity index is 327. The third-order valence-corrected chi connectivity index (χ3v) is 2.23. The van der Waals surface area contributed by atoms with Crippen molar-refractivity contribution in [2.75, 3.05) is 7.11 Å². The lowest BCUT2D eigenvalue weighted by molar-refractivity contribution is -0.384. The van der Waals surface area contributed by atoms with Gasteiger partial charge in [-0.25, -0.2) is 0 Å². The van der Waals surface area contributed by atoms with Gasteiger partial charge in [-0.05, 0) is 6.07 Å². The molecule has 0 unspecified atom stereocenters. The molecule has 0 amide bonds. The van der Waals surface area contributed by atoms with E-state index in [2.05, 4.69) is 15.9 Å². The molecule has 0 aliphatic rings. The summed E-state index contributed by atoms with van der Waals surface area (Å²) in [5.74, 6) is 0.533. The predicted molar refractivity (Wildman–Crippen MR) is 52.3 cm³/mol. The van der Waals surface area contributed by atoms with E-state index in [1.807, 2.05) is 0 Å². The Morgan fingerprint density at radius 2 is 2.31 bits per heavy atom. The largest absolute Gasteiger partial charge is 0.496 e. The van der Waals surface area contributed by atoms with E-state index in [0.29, 0.717) is 11.1 Å². The highest BCUT2D eigenvalue weighted by molar-refractivity contribution is 9.08. The summed E-state index contributed by atoms with van der Waals surface area (Å²) < 4.78 is 4.99. The van der Waals surface area contributed by atoms with E-state index in [1.54, 1.807) is 6.07 Å². The number of rotatable bonds is 3. The summed E-state index contributed by atoms with van der Waals surface area (Å²) in [5.41, 5.74) is 0.939. The van der Waals surface area contributed by atoms with Gasteiger partial charge in [0.1, 0.15) is 5.75 Å². The van der Waals surface area contributed by atoms with E-state index in [-0.39, 0.29) is 5.69 Å². The van der Waals surface area contributed by atoms with Gasteiger partial charge >= 0.3 is 0 Å². The topological polar surface area (TPSA) is 52.4 Å². The molecule has 0 aliphatic carbocycles. The maximum Gasteiger partial charge on any atom is 0.273 e. The number of ether oxygens (including phenoxy) is 1. The molecule has 0 atom stereocenters. The molecule has 0 fully saturated rings. The van der Waals surface area contributed by atoms with E-state index in [9.17, 15) is 10.1 Å². The predicted octanol–water partition coefficient (Wildman–Crippen LogP) is 2.50. The Kier molecular flexibility index (Phi) is 3.25. The summed E-state index contributed by atoms with van der Waals surface area (Å²) in [6, 6.07) is 4.54. The summed E-state index contributed by atoms with van der Waals surface area (Å²) in [7, 11) is 1.49. The Morgan fingerprint density at radius 3 is 2.77 bits per heavy atom. The molecule has 1 aromatic carbocycles. The van der Waals surface area contributed by atoms with Crippen LogP contribution in [0.1, 0.15) is 5.56 Å². The molecule has 13 heavy (non-hydrogen) atoms. The van der Waals surface area contributed by atoms with Gasteiger partial charge in [0.2, 0.25) is 0 Å². The molecule has 0 aromatic heterocycles. The third-order valence-electron chi connectivity index (χ3n) is 1.63. The van der Waals surface area contributed by atoms with Crippen molar-refractivity contribution in [3.63, 3.8) is 0 Å². The van der Waals surface area contributed by atoms with Crippen molar-refractivity contribution in [2.24, 2.45) is 0 Å². The SMILES string of the molecule is COc1cc([N+](=O)[O-])ccc1CBr. The zero-order valence-corrected chi connectivity index (χ0v) is 8.58. The average molecular weight is 246 g/mol. The van der Waals surface area contributed by atoms with Crippen molar-refractivity contribution in [1.29, 1.82) is 0 Å². The zero-order chi connectivity index (χ0) is 9.84. The number of methoxy groups -OCH3 is 1. The Balaban J connectivity index is 3.13. The van der Waals surface area contributed by atoms with Crippen molar-refractivity contribution < 1.29 is 9.66 Å².